The lowest BCUT2D eigenvalue weighted by Gasteiger charge is -2.10. The van der Waals surface area contributed by atoms with E-state index < -0.39 is 0 Å². The van der Waals surface area contributed by atoms with Crippen molar-refractivity contribution in [3.05, 3.63) is 131 Å². The molecule has 2 aliphatic heterocycles. The van der Waals surface area contributed by atoms with Crippen LogP contribution in [0, 0.1) is 0 Å². The molecule has 58 heavy (non-hydrogen) atoms. The normalized spacial score (nSPS) is 12.1. The van der Waals surface area contributed by atoms with Crippen LogP contribution in [0.2, 0.25) is 0 Å². The molecule has 0 atom stereocenters. The van der Waals surface area contributed by atoms with Gasteiger partial charge in [-0.2, -0.15) is 0 Å². The van der Waals surface area contributed by atoms with E-state index in [1.165, 1.54) is 0 Å². The predicted octanol–water partition coefficient (Wildman–Crippen LogP) is 10.9. The van der Waals surface area contributed by atoms with Gasteiger partial charge in [-0.15, -0.1) is 0 Å². The van der Waals surface area contributed by atoms with E-state index in [0.29, 0.717) is 33.8 Å². The van der Waals surface area contributed by atoms with Gasteiger partial charge in [-0.3, -0.25) is 4.79 Å². The van der Waals surface area contributed by atoms with Gasteiger partial charge in [0.05, 0.1) is 56.8 Å². The summed E-state index contributed by atoms with van der Waals surface area (Å²) in [4.78, 5) is 33.4. The number of nitrogens with zero attached hydrogens (tertiary/aromatic N) is 2. The van der Waals surface area contributed by atoms with Gasteiger partial charge in [0, 0.05) is 65.7 Å². The molecule has 8 bridgehead atoms. The van der Waals surface area contributed by atoms with Crippen molar-refractivity contribution in [1.29, 1.82) is 0 Å². The number of aromatic nitrogens is 4. The summed E-state index contributed by atoms with van der Waals surface area (Å²) in [6.07, 6.45) is 4.12. The highest BCUT2D eigenvalue weighted by Gasteiger charge is 2.32. The highest BCUT2D eigenvalue weighted by Crippen LogP contribution is 2.52. The lowest BCUT2D eigenvalue weighted by Crippen LogP contribution is -2.06. The second-order valence-electron chi connectivity index (χ2n) is 14.4. The quantitative estimate of drug-likeness (QED) is 0.174. The zero-order chi connectivity index (χ0) is 39.2. The minimum atomic E-state index is -0.106. The maximum absolute atomic E-state index is 14.9. The minimum absolute atomic E-state index is 0.106. The second kappa shape index (κ2) is 12.7. The fraction of sp³-hybridized carbons (Fsp3) is 0.0816. The fourth-order valence-corrected chi connectivity index (χ4v) is 8.90. The molecule has 2 aliphatic carbocycles. The molecule has 0 fully saturated rings. The number of fused-ring (bicyclic) bond motifs is 14. The van der Waals surface area contributed by atoms with Gasteiger partial charge >= 0.3 is 0 Å². The molecule has 7 aromatic rings. The number of hydrogen-bond donors (Lipinski definition) is 2. The van der Waals surface area contributed by atoms with E-state index in [-0.39, 0.29) is 5.43 Å². The molecule has 280 valence electrons. The Kier molecular flexibility index (Phi) is 7.37. The van der Waals surface area contributed by atoms with E-state index in [2.05, 4.69) is 64.6 Å². The lowest BCUT2D eigenvalue weighted by atomic mass is 9.94. The van der Waals surface area contributed by atoms with E-state index in [9.17, 15) is 4.79 Å². The minimum Gasteiger partial charge on any atom is -0.497 e. The first kappa shape index (κ1) is 33.7. The lowest BCUT2D eigenvalue weighted by molar-refractivity contribution is 0.415. The number of hydrogen-bond acceptors (Lipinski definition) is 7. The van der Waals surface area contributed by atoms with Crippen LogP contribution in [-0.2, 0) is 0 Å². The average molecular weight is 759 g/mol. The maximum atomic E-state index is 14.9. The fourth-order valence-electron chi connectivity index (χ4n) is 8.90. The molecule has 2 N–H and O–H groups in total. The van der Waals surface area contributed by atoms with Crippen molar-refractivity contribution in [3.8, 4) is 67.8 Å². The second-order valence-corrected chi connectivity index (χ2v) is 14.4. The Bertz CT molecular complexity index is 3430. The summed E-state index contributed by atoms with van der Waals surface area (Å²) in [6.45, 7) is 0. The van der Waals surface area contributed by atoms with Crippen molar-refractivity contribution in [3.63, 3.8) is 0 Å². The highest BCUT2D eigenvalue weighted by atomic mass is 16.5. The molecule has 0 radical (unpaired) electrons. The highest BCUT2D eigenvalue weighted by molar-refractivity contribution is 6.29. The summed E-state index contributed by atoms with van der Waals surface area (Å²) < 4.78 is 23.2. The summed E-state index contributed by atoms with van der Waals surface area (Å²) >= 11 is 0. The molecule has 0 saturated carbocycles. The third kappa shape index (κ3) is 4.80. The third-order valence-electron chi connectivity index (χ3n) is 11.5. The molecule has 0 saturated heterocycles. The Morgan fingerprint density at radius 3 is 1.60 bits per heavy atom. The summed E-state index contributed by atoms with van der Waals surface area (Å²) in [5, 5.41) is 4.75. The number of rotatable bonds is 6. The predicted molar refractivity (Wildman–Crippen MR) is 233 cm³/mol. The van der Waals surface area contributed by atoms with Crippen molar-refractivity contribution in [2.45, 2.75) is 0 Å². The van der Waals surface area contributed by atoms with Crippen LogP contribution in [0.15, 0.2) is 114 Å². The van der Waals surface area contributed by atoms with E-state index in [0.717, 1.165) is 99.7 Å². The Labute approximate surface area is 331 Å². The Morgan fingerprint density at radius 2 is 1.00 bits per heavy atom. The van der Waals surface area contributed by atoms with Crippen LogP contribution in [0.5, 0.6) is 23.0 Å². The first-order valence-electron chi connectivity index (χ1n) is 18.9. The molecule has 0 unspecified atom stereocenters. The molecule has 11 rings (SSSR count). The Balaban J connectivity index is 1.42. The number of aromatic amines is 2. The number of benzene rings is 5. The number of ether oxygens (including phenoxy) is 4. The number of methoxy groups -OCH3 is 4. The zero-order valence-electron chi connectivity index (χ0n) is 32.0. The smallest absolute Gasteiger partial charge is 0.196 e. The summed E-state index contributed by atoms with van der Waals surface area (Å²) in [5.74, 6) is 2.76. The van der Waals surface area contributed by atoms with E-state index in [1.54, 1.807) is 28.4 Å². The molecule has 0 amide bonds. The van der Waals surface area contributed by atoms with Gasteiger partial charge < -0.3 is 28.9 Å². The van der Waals surface area contributed by atoms with Gasteiger partial charge in [0.1, 0.15) is 23.0 Å². The molecule has 0 spiro atoms. The van der Waals surface area contributed by atoms with Gasteiger partial charge in [0.25, 0.3) is 0 Å². The molecule has 4 aliphatic rings. The molecular formula is C49H34N4O5. The van der Waals surface area contributed by atoms with Crippen LogP contribution in [0.25, 0.3) is 111 Å². The first-order valence-corrected chi connectivity index (χ1v) is 18.9. The number of H-pyrrole nitrogens is 2. The van der Waals surface area contributed by atoms with Crippen LogP contribution in [0.3, 0.4) is 0 Å². The van der Waals surface area contributed by atoms with Gasteiger partial charge in [0.15, 0.2) is 5.43 Å². The zero-order valence-corrected chi connectivity index (χ0v) is 32.0. The molecule has 3 aromatic heterocycles. The molecule has 5 heterocycles. The van der Waals surface area contributed by atoms with Crippen LogP contribution < -0.4 is 24.4 Å². The topological polar surface area (TPSA) is 111 Å². The van der Waals surface area contributed by atoms with Crippen LogP contribution in [0.1, 0.15) is 11.4 Å². The van der Waals surface area contributed by atoms with E-state index in [4.69, 9.17) is 28.9 Å². The standard InChI is InChI=1S/C49H34N4O5/c1-55-27-10-5-8-25(22-27)40-33-16-17-34(50-33)41(26-9-6-11-28(23-26)56-2)36-19-21-38(52-36)43-32-24-29(57-3)14-15-30(32)49(54)46-45-44-31(12-7-13-39(44)58-4)42(47(45)53-48(43)46)37-20-18-35(40)51-37/h5-24,51-52H,1-4H3. The average Bonchev–Trinajstić information content (AvgIpc) is 4.12. The maximum Gasteiger partial charge on any atom is 0.196 e. The SMILES string of the molecule is COc1cccc(-c2c3nc(c(-c4cccc(OC)c4)c4ccc([nH]4)c4c5nc6c(c7ccc2[nH]7)c2cccc(OC)c2c-6c-5c(=O)c2ccc(OC)cc24)C=C3)c1. The van der Waals surface area contributed by atoms with Crippen molar-refractivity contribution in [1.82, 2.24) is 19.9 Å². The molecule has 9 heteroatoms. The summed E-state index contributed by atoms with van der Waals surface area (Å²) in [5.41, 5.74) is 11.0. The van der Waals surface area contributed by atoms with Gasteiger partial charge in [-0.25, -0.2) is 9.97 Å². The van der Waals surface area contributed by atoms with E-state index in [1.807, 2.05) is 66.7 Å². The van der Waals surface area contributed by atoms with Crippen molar-refractivity contribution in [2.24, 2.45) is 0 Å². The number of nitrogens with one attached hydrogen (secondary N) is 2. The molecule has 9 nitrogen and oxygen atoms in total. The van der Waals surface area contributed by atoms with Crippen LogP contribution >= 0.6 is 0 Å². The summed E-state index contributed by atoms with van der Waals surface area (Å²) in [6, 6.07) is 35.9. The van der Waals surface area contributed by atoms with Crippen molar-refractivity contribution >= 4 is 66.5 Å². The largest absolute Gasteiger partial charge is 0.497 e. The molecule has 4 aromatic carbocycles. The summed E-state index contributed by atoms with van der Waals surface area (Å²) in [7, 11) is 6.63. The molecular weight excluding hydrogens is 725 g/mol. The van der Waals surface area contributed by atoms with E-state index >= 15 is 0 Å². The van der Waals surface area contributed by atoms with Gasteiger partial charge in [-0.05, 0) is 101 Å². The Hall–Kier alpha value is -7.65. The van der Waals surface area contributed by atoms with Crippen LogP contribution in [0.4, 0.5) is 0 Å². The van der Waals surface area contributed by atoms with Crippen molar-refractivity contribution < 1.29 is 18.9 Å². The Morgan fingerprint density at radius 1 is 0.448 bits per heavy atom. The monoisotopic (exact) mass is 758 g/mol. The van der Waals surface area contributed by atoms with Gasteiger partial charge in [-0.1, -0.05) is 36.4 Å². The third-order valence-corrected chi connectivity index (χ3v) is 11.5. The van der Waals surface area contributed by atoms with Gasteiger partial charge in [0.2, 0.25) is 0 Å². The van der Waals surface area contributed by atoms with Crippen molar-refractivity contribution in [2.75, 3.05) is 28.4 Å². The first-order chi connectivity index (χ1) is 28.5. The van der Waals surface area contributed by atoms with Crippen LogP contribution in [-0.4, -0.2) is 48.4 Å².